The minimum Gasteiger partial charge on any atom is -0.353 e. The molecule has 0 saturated carbocycles. The summed E-state index contributed by atoms with van der Waals surface area (Å²) in [7, 11) is -3.01. The number of nitrogens with one attached hydrogen (secondary N) is 1. The topological polar surface area (TPSA) is 116 Å². The summed E-state index contributed by atoms with van der Waals surface area (Å²) in [5.41, 5.74) is 0. The summed E-state index contributed by atoms with van der Waals surface area (Å²) < 4.78 is 24.9. The summed E-state index contributed by atoms with van der Waals surface area (Å²) in [4.78, 5) is 15.8. The van der Waals surface area contributed by atoms with Gasteiger partial charge in [0.15, 0.2) is 9.84 Å². The Morgan fingerprint density at radius 3 is 2.90 bits per heavy atom. The maximum absolute atomic E-state index is 11.8. The summed E-state index contributed by atoms with van der Waals surface area (Å²) in [5, 5.41) is 6.38. The predicted octanol–water partition coefficient (Wildman–Crippen LogP) is 0.0948. The lowest BCUT2D eigenvalue weighted by Crippen LogP contribution is -2.26. The van der Waals surface area contributed by atoms with E-state index in [1.54, 1.807) is 0 Å². The van der Waals surface area contributed by atoms with E-state index in [0.29, 0.717) is 12.8 Å². The molecule has 0 aromatic carbocycles. The van der Waals surface area contributed by atoms with Gasteiger partial charge in [0.1, 0.15) is 12.7 Å². The van der Waals surface area contributed by atoms with Crippen molar-refractivity contribution in [1.29, 1.82) is 0 Å². The van der Waals surface area contributed by atoms with Crippen LogP contribution in [0.15, 0.2) is 12.7 Å². The first kappa shape index (κ1) is 14.1. The Morgan fingerprint density at radius 2 is 2.24 bits per heavy atom. The molecule has 0 aliphatic carbocycles. The summed E-state index contributed by atoms with van der Waals surface area (Å²) in [6, 6.07) is 0. The third-order valence-corrected chi connectivity index (χ3v) is 5.62. The number of hydrogen-bond acceptors (Lipinski definition) is 8. The van der Waals surface area contributed by atoms with Gasteiger partial charge in [-0.1, -0.05) is 0 Å². The maximum atomic E-state index is 11.8. The van der Waals surface area contributed by atoms with Gasteiger partial charge >= 0.3 is 0 Å². The van der Waals surface area contributed by atoms with Crippen molar-refractivity contribution in [3.05, 3.63) is 17.9 Å². The highest BCUT2D eigenvalue weighted by Crippen LogP contribution is 2.20. The molecular weight excluding hydrogens is 318 g/mol. The molecular formula is C10H12ClN7O2S. The Labute approximate surface area is 125 Å². The lowest BCUT2D eigenvalue weighted by atomic mass is 10.2. The van der Waals surface area contributed by atoms with Gasteiger partial charge in [-0.25, -0.2) is 13.4 Å². The monoisotopic (exact) mass is 329 g/mol. The molecule has 2 aromatic rings. The molecule has 9 nitrogen and oxygen atoms in total. The fourth-order valence-electron chi connectivity index (χ4n) is 2.13. The Balaban J connectivity index is 1.77. The van der Waals surface area contributed by atoms with E-state index in [9.17, 15) is 8.42 Å². The van der Waals surface area contributed by atoms with E-state index in [1.165, 1.54) is 17.3 Å². The summed E-state index contributed by atoms with van der Waals surface area (Å²) in [5.74, 6) is 0.661. The van der Waals surface area contributed by atoms with E-state index < -0.39 is 15.1 Å². The molecule has 1 aliphatic rings. The van der Waals surface area contributed by atoms with Crippen LogP contribution < -0.4 is 5.32 Å². The zero-order valence-electron chi connectivity index (χ0n) is 10.8. The van der Waals surface area contributed by atoms with Gasteiger partial charge < -0.3 is 5.32 Å². The number of hydrogen-bond donors (Lipinski definition) is 1. The third kappa shape index (κ3) is 3.10. The van der Waals surface area contributed by atoms with Crippen LogP contribution in [0.5, 0.6) is 0 Å². The highest BCUT2D eigenvalue weighted by atomic mass is 35.5. The predicted molar refractivity (Wildman–Crippen MR) is 75.1 cm³/mol. The molecule has 1 N–H and O–H groups in total. The molecule has 1 unspecified atom stereocenters. The van der Waals surface area contributed by atoms with Crippen molar-refractivity contribution < 1.29 is 8.42 Å². The van der Waals surface area contributed by atoms with Crippen LogP contribution in [-0.2, 0) is 9.84 Å². The van der Waals surface area contributed by atoms with E-state index in [2.05, 4.69) is 30.4 Å². The number of halogens is 1. The molecule has 3 heterocycles. The first-order valence-corrected chi connectivity index (χ1v) is 8.36. The van der Waals surface area contributed by atoms with Crippen LogP contribution in [0.2, 0.25) is 5.28 Å². The van der Waals surface area contributed by atoms with Gasteiger partial charge in [0, 0.05) is 6.54 Å². The van der Waals surface area contributed by atoms with E-state index in [0.717, 1.165) is 0 Å². The molecule has 1 aliphatic heterocycles. The van der Waals surface area contributed by atoms with Crippen molar-refractivity contribution in [2.75, 3.05) is 17.6 Å². The van der Waals surface area contributed by atoms with Gasteiger partial charge in [-0.2, -0.15) is 24.7 Å². The second-order valence-electron chi connectivity index (χ2n) is 4.58. The van der Waals surface area contributed by atoms with Crippen LogP contribution in [0.3, 0.4) is 0 Å². The third-order valence-electron chi connectivity index (χ3n) is 3.17. The Kier molecular flexibility index (Phi) is 3.72. The molecule has 0 radical (unpaired) electrons. The van der Waals surface area contributed by atoms with Crippen LogP contribution in [0.4, 0.5) is 5.95 Å². The van der Waals surface area contributed by atoms with Gasteiger partial charge in [0.25, 0.3) is 5.95 Å². The Bertz CT molecular complexity index is 734. The summed E-state index contributed by atoms with van der Waals surface area (Å²) in [6.45, 7) is 0.249. The molecule has 3 rings (SSSR count). The molecule has 1 atom stereocenters. The largest absolute Gasteiger partial charge is 0.353 e. The molecule has 2 aromatic heterocycles. The molecule has 11 heteroatoms. The Hall–Kier alpha value is -1.81. The molecule has 0 bridgehead atoms. The average Bonchev–Trinajstić information content (AvgIpc) is 3.05. The smallest absolute Gasteiger partial charge is 0.258 e. The van der Waals surface area contributed by atoms with Crippen molar-refractivity contribution >= 4 is 27.4 Å². The number of anilines is 1. The van der Waals surface area contributed by atoms with Crippen molar-refractivity contribution in [2.24, 2.45) is 0 Å². The van der Waals surface area contributed by atoms with Gasteiger partial charge in [0.05, 0.1) is 11.0 Å². The lowest BCUT2D eigenvalue weighted by molar-refractivity contribution is 0.591. The van der Waals surface area contributed by atoms with Crippen molar-refractivity contribution in [2.45, 2.75) is 18.1 Å². The van der Waals surface area contributed by atoms with Gasteiger partial charge in [-0.05, 0) is 24.4 Å². The fraction of sp³-hybridized carbons (Fsp3) is 0.500. The van der Waals surface area contributed by atoms with Crippen LogP contribution >= 0.6 is 11.6 Å². The number of rotatable bonds is 4. The zero-order valence-corrected chi connectivity index (χ0v) is 12.4. The Morgan fingerprint density at radius 1 is 1.38 bits per heavy atom. The number of nitrogens with zero attached hydrogens (tertiary/aromatic N) is 6. The second-order valence-corrected chi connectivity index (χ2v) is 7.32. The summed E-state index contributed by atoms with van der Waals surface area (Å²) in [6.07, 6.45) is 4.10. The number of aromatic nitrogens is 6. The van der Waals surface area contributed by atoms with Crippen LogP contribution in [0.25, 0.3) is 5.95 Å². The average molecular weight is 330 g/mol. The van der Waals surface area contributed by atoms with Crippen LogP contribution in [0.1, 0.15) is 12.8 Å². The zero-order chi connectivity index (χ0) is 14.9. The van der Waals surface area contributed by atoms with E-state index in [1.807, 2.05) is 0 Å². The number of sulfone groups is 1. The lowest BCUT2D eigenvalue weighted by Gasteiger charge is -2.11. The minimum atomic E-state index is -3.01. The standard InChI is InChI=1S/C10H12ClN7O2S/c11-8-15-9(13-4-7-2-1-3-21(7,19)20)17-10(16-8)18-6-12-5-14-18/h5-7H,1-4H2,(H,13,15,16,17). The molecule has 21 heavy (non-hydrogen) atoms. The SMILES string of the molecule is O=S1(=O)CCCC1CNc1nc(Cl)nc(-n2cncn2)n1. The molecule has 0 amide bonds. The highest BCUT2D eigenvalue weighted by Gasteiger charge is 2.31. The van der Waals surface area contributed by atoms with Crippen molar-refractivity contribution in [1.82, 2.24) is 29.7 Å². The van der Waals surface area contributed by atoms with Gasteiger partial charge in [-0.15, -0.1) is 0 Å². The molecule has 112 valence electrons. The summed E-state index contributed by atoms with van der Waals surface area (Å²) >= 11 is 5.84. The quantitative estimate of drug-likeness (QED) is 0.839. The van der Waals surface area contributed by atoms with Crippen molar-refractivity contribution in [3.63, 3.8) is 0 Å². The van der Waals surface area contributed by atoms with Gasteiger partial charge in [0.2, 0.25) is 11.2 Å². The normalized spacial score (nSPS) is 20.5. The maximum Gasteiger partial charge on any atom is 0.258 e. The second kappa shape index (κ2) is 5.53. The molecule has 0 spiro atoms. The van der Waals surface area contributed by atoms with Crippen LogP contribution in [-0.4, -0.2) is 55.7 Å². The van der Waals surface area contributed by atoms with E-state index in [-0.39, 0.29) is 29.5 Å². The van der Waals surface area contributed by atoms with E-state index in [4.69, 9.17) is 11.6 Å². The first-order valence-electron chi connectivity index (χ1n) is 6.26. The first-order chi connectivity index (χ1) is 10.0. The molecule has 1 fully saturated rings. The van der Waals surface area contributed by atoms with Crippen LogP contribution in [0, 0.1) is 0 Å². The fourth-order valence-corrected chi connectivity index (χ4v) is 4.05. The van der Waals surface area contributed by atoms with Gasteiger partial charge in [-0.3, -0.25) is 0 Å². The van der Waals surface area contributed by atoms with E-state index >= 15 is 0 Å². The highest BCUT2D eigenvalue weighted by molar-refractivity contribution is 7.92. The minimum absolute atomic E-state index is 0.00715. The molecule has 1 saturated heterocycles. The van der Waals surface area contributed by atoms with Crippen molar-refractivity contribution in [3.8, 4) is 5.95 Å².